The number of pyridine rings is 1. The number of nitrogens with zero attached hydrogens (tertiary/aromatic N) is 5. The summed E-state index contributed by atoms with van der Waals surface area (Å²) in [6, 6.07) is 64.3. The molecule has 0 bridgehead atoms. The minimum atomic E-state index is -3.36. The molecule has 0 radical (unpaired) electrons. The number of aromatic nitrogens is 1. The van der Waals surface area contributed by atoms with Crippen LogP contribution in [0.2, 0.25) is 30.1 Å². The summed E-state index contributed by atoms with van der Waals surface area (Å²) < 4.78 is 102. The van der Waals surface area contributed by atoms with E-state index >= 15 is 0 Å². The summed E-state index contributed by atoms with van der Waals surface area (Å²) >= 11 is 36.7. The Hall–Kier alpha value is -12.1. The second kappa shape index (κ2) is 40.2. The predicted octanol–water partition coefficient (Wildman–Crippen LogP) is 18.8. The number of aryl methyl sites for hydroxylation is 2. The van der Waals surface area contributed by atoms with Gasteiger partial charge >= 0.3 is 0 Å². The highest BCUT2D eigenvalue weighted by atomic mass is 35.5. The minimum absolute atomic E-state index is 0.0829. The molecule has 5 heterocycles. The van der Waals surface area contributed by atoms with Crippen molar-refractivity contribution in [3.63, 3.8) is 0 Å². The quantitative estimate of drug-likeness (QED) is 0.0420. The van der Waals surface area contributed by atoms with Crippen LogP contribution in [0, 0.1) is 13.8 Å². The van der Waals surface area contributed by atoms with Crippen LogP contribution in [-0.2, 0) is 40.1 Å². The average molecular weight is 1910 g/mol. The molecule has 16 rings (SSSR count). The van der Waals surface area contributed by atoms with Gasteiger partial charge in [-0.3, -0.25) is 55.8 Å². The maximum absolute atomic E-state index is 12.8. The van der Waals surface area contributed by atoms with E-state index < -0.39 is 57.8 Å². The van der Waals surface area contributed by atoms with E-state index in [1.54, 1.807) is 182 Å². The summed E-state index contributed by atoms with van der Waals surface area (Å²) in [6.07, 6.45) is 5.77. The lowest BCUT2D eigenvalue weighted by Crippen LogP contribution is -2.25. The van der Waals surface area contributed by atoms with E-state index in [0.29, 0.717) is 157 Å². The molecule has 7 N–H and O–H groups in total. The van der Waals surface area contributed by atoms with Crippen molar-refractivity contribution in [1.29, 1.82) is 0 Å². The molecule has 4 fully saturated rings. The number of amides is 7. The maximum atomic E-state index is 12.8. The van der Waals surface area contributed by atoms with Crippen LogP contribution in [0.5, 0.6) is 0 Å². The standard InChI is InChI=1S/C24H21Cl2N3O4S.C24H22ClN3O4S.C23H18Cl3N3O4S.C19H17N3O3S/c1-15-6-7-18(13-22(15)28-23(30)16-4-2-5-17(25)12-16)27-24(31)20-9-8-19(14-21(20)26)29-10-3-11-34(29,32)33;1-16-6-9-20(15-22(16)27-24(30)18-4-2-5-19(25)14-18)26-23(29)17-7-10-21(11-8-17)28-12-3-13-33(28,31)32;24-15-4-1-3-14(11-15)22(30)28-21-12-16(5-8-19(21)25)27-23(31)18-7-6-17(13-20(18)26)29-9-2-10-34(29,32)33;23-19(21-17-5-2-14-8-9-20-13-16(14)12-17)15-3-6-18(7-4-15)22-10-1-11-26(22,24)25/h2,4-9,12-14H,3,10-11H2,1H3,(H,27,31)(H,28,30);2,4-11,14-15H,3,12-13H2,1H3,(H,26,29)(H,27,30);1,3-8,11-13H,2,9-10H2,(H,27,31)(H,28,30);2-9,12-13H,1,10-11H2,(H,21,23). The topological polar surface area (TPSA) is 366 Å². The van der Waals surface area contributed by atoms with Gasteiger partial charge < -0.3 is 37.2 Å². The lowest BCUT2D eigenvalue weighted by Gasteiger charge is -2.18. The molecule has 4 saturated heterocycles. The Morgan fingerprint density at radius 2 is 0.614 bits per heavy atom. The zero-order valence-corrected chi connectivity index (χ0v) is 75.2. The third kappa shape index (κ3) is 23.4. The number of hydrogen-bond donors (Lipinski definition) is 7. The lowest BCUT2D eigenvalue weighted by molar-refractivity contribution is 0.101. The van der Waals surface area contributed by atoms with Gasteiger partial charge in [0.05, 0.1) is 77.6 Å². The van der Waals surface area contributed by atoms with E-state index in [1.807, 2.05) is 38.1 Å². The molecular weight excluding hydrogens is 1830 g/mol. The molecule has 4 aliphatic rings. The first-order valence-corrected chi connectivity index (χ1v) is 47.9. The highest BCUT2D eigenvalue weighted by Crippen LogP contribution is 2.36. The number of fused-ring (bicyclic) bond motifs is 1. The highest BCUT2D eigenvalue weighted by molar-refractivity contribution is 7.94. The van der Waals surface area contributed by atoms with Gasteiger partial charge in [-0.25, -0.2) is 33.7 Å². The fourth-order valence-corrected chi connectivity index (χ4v) is 21.3. The highest BCUT2D eigenvalue weighted by Gasteiger charge is 2.33. The van der Waals surface area contributed by atoms with E-state index in [9.17, 15) is 67.2 Å². The minimum Gasteiger partial charge on any atom is -0.322 e. The Kier molecular flexibility index (Phi) is 29.3. The molecule has 0 atom stereocenters. The molecule has 12 aromatic rings. The van der Waals surface area contributed by atoms with Crippen LogP contribution in [0.25, 0.3) is 10.8 Å². The second-order valence-corrected chi connectivity index (χ2v) is 39.9. The molecule has 37 heteroatoms. The van der Waals surface area contributed by atoms with Gasteiger partial charge in [0, 0.05) is 121 Å². The van der Waals surface area contributed by atoms with E-state index in [2.05, 4.69) is 42.2 Å². The van der Waals surface area contributed by atoms with E-state index in [0.717, 1.165) is 21.9 Å². The summed E-state index contributed by atoms with van der Waals surface area (Å²) in [5, 5.41) is 23.4. The lowest BCUT2D eigenvalue weighted by atomic mass is 10.1. The largest absolute Gasteiger partial charge is 0.322 e. The number of halogens is 6. The van der Waals surface area contributed by atoms with Crippen LogP contribution in [0.1, 0.15) is 109 Å². The molecule has 11 aromatic carbocycles. The van der Waals surface area contributed by atoms with Crippen molar-refractivity contribution in [3.8, 4) is 0 Å². The smallest absolute Gasteiger partial charge is 0.257 e. The van der Waals surface area contributed by atoms with Gasteiger partial charge in [0.15, 0.2) is 0 Å². The monoisotopic (exact) mass is 1900 g/mol. The molecule has 0 aliphatic carbocycles. The fraction of sp³-hybridized carbons (Fsp3) is 0.156. The Labute approximate surface area is 762 Å². The van der Waals surface area contributed by atoms with Crippen molar-refractivity contribution in [1.82, 2.24) is 4.98 Å². The Bertz CT molecular complexity index is 6590. The number of hydrogen-bond acceptors (Lipinski definition) is 16. The third-order valence-corrected chi connectivity index (χ3v) is 29.5. The molecule has 0 unspecified atom stereocenters. The van der Waals surface area contributed by atoms with Crippen LogP contribution in [0.15, 0.2) is 249 Å². The molecule has 654 valence electrons. The normalized spacial score (nSPS) is 14.9. The first-order chi connectivity index (χ1) is 60.5. The number of carbonyl (C=O) groups excluding carboxylic acids is 7. The molecule has 0 saturated carbocycles. The first kappa shape index (κ1) is 92.5. The maximum Gasteiger partial charge on any atom is 0.257 e. The van der Waals surface area contributed by atoms with Crippen LogP contribution < -0.4 is 54.4 Å². The number of nitrogens with one attached hydrogen (secondary N) is 7. The van der Waals surface area contributed by atoms with Gasteiger partial charge in [-0.2, -0.15) is 0 Å². The molecule has 27 nitrogen and oxygen atoms in total. The van der Waals surface area contributed by atoms with E-state index in [-0.39, 0.29) is 72.8 Å². The SMILES string of the molecule is Cc1ccc(NC(=O)c2ccc(N3CCCS3(=O)=O)cc2)cc1NC(=O)c1cccc(Cl)c1.Cc1ccc(NC(=O)c2ccc(N3CCCS3(=O)=O)cc2Cl)cc1NC(=O)c1cccc(Cl)c1.O=C(Nc1cc(NC(=O)c2ccc(N3CCCS3(=O)=O)cc2Cl)ccc1Cl)c1cccc(Cl)c1.O=C(Nc1ccc2ccncc2c1)c1ccc(N2CCCS2(=O)=O)cc1. The van der Waals surface area contributed by atoms with Gasteiger partial charge in [-0.1, -0.05) is 106 Å². The van der Waals surface area contributed by atoms with Crippen molar-refractivity contribution in [2.45, 2.75) is 39.5 Å². The average Bonchev–Trinajstić information content (AvgIpc) is 1.76. The Balaban J connectivity index is 0.000000146. The fourth-order valence-electron chi connectivity index (χ4n) is 13.8. The van der Waals surface area contributed by atoms with Gasteiger partial charge in [0.1, 0.15) is 0 Å². The summed E-state index contributed by atoms with van der Waals surface area (Å²) in [6.45, 7) is 5.38. The van der Waals surface area contributed by atoms with Crippen LogP contribution >= 0.6 is 69.6 Å². The van der Waals surface area contributed by atoms with E-state index in [1.165, 1.54) is 59.7 Å². The summed E-state index contributed by atoms with van der Waals surface area (Å²) in [5.74, 6) is -2.12. The third-order valence-electron chi connectivity index (χ3n) is 20.3. The molecule has 4 aliphatic heterocycles. The van der Waals surface area contributed by atoms with Gasteiger partial charge in [-0.15, -0.1) is 0 Å². The van der Waals surface area contributed by atoms with Crippen molar-refractivity contribution in [3.05, 3.63) is 329 Å². The Morgan fingerprint density at radius 3 is 0.976 bits per heavy atom. The summed E-state index contributed by atoms with van der Waals surface area (Å²) in [4.78, 5) is 92.6. The number of rotatable bonds is 18. The van der Waals surface area contributed by atoms with Gasteiger partial charge in [0.2, 0.25) is 40.1 Å². The number of carbonyl (C=O) groups is 7. The summed E-state index contributed by atoms with van der Waals surface area (Å²) in [7, 11) is -13.2. The molecular formula is C90H78Cl6N12O15S4. The van der Waals surface area contributed by atoms with Crippen molar-refractivity contribution in [2.24, 2.45) is 0 Å². The zero-order valence-electron chi connectivity index (χ0n) is 67.4. The zero-order chi connectivity index (χ0) is 90.7. The summed E-state index contributed by atoms with van der Waals surface area (Å²) in [5.41, 5.74) is 9.46. The molecule has 0 spiro atoms. The molecule has 7 amide bonds. The van der Waals surface area contributed by atoms with Crippen LogP contribution in [0.3, 0.4) is 0 Å². The van der Waals surface area contributed by atoms with E-state index in [4.69, 9.17) is 69.6 Å². The van der Waals surface area contributed by atoms with Crippen molar-refractivity contribution in [2.75, 3.05) is 104 Å². The number of anilines is 11. The predicted molar refractivity (Wildman–Crippen MR) is 504 cm³/mol. The number of sulfonamides is 4. The van der Waals surface area contributed by atoms with Gasteiger partial charge in [-0.05, 0) is 256 Å². The number of benzene rings is 11. The van der Waals surface area contributed by atoms with Crippen LogP contribution in [0.4, 0.5) is 62.6 Å². The second-order valence-electron chi connectivity index (χ2n) is 29.3. The van der Waals surface area contributed by atoms with Crippen LogP contribution in [-0.4, -0.2) is 129 Å². The van der Waals surface area contributed by atoms with Gasteiger partial charge in [0.25, 0.3) is 41.4 Å². The Morgan fingerprint density at radius 1 is 0.291 bits per heavy atom. The molecule has 127 heavy (non-hydrogen) atoms. The first-order valence-electron chi connectivity index (χ1n) is 39.2. The molecule has 1 aromatic heterocycles. The van der Waals surface area contributed by atoms with Crippen molar-refractivity contribution < 1.29 is 67.2 Å². The van der Waals surface area contributed by atoms with Crippen molar-refractivity contribution >= 4 is 224 Å².